The minimum Gasteiger partial charge on any atom is -0.497 e. The lowest BCUT2D eigenvalue weighted by Crippen LogP contribution is -2.18. The SMILES string of the molecule is COc1ccc(C(=O)Nc2cnc(OC)nc2N(C)C)cc1. The molecule has 2 rings (SSSR count). The van der Waals surface area contributed by atoms with Crippen molar-refractivity contribution in [2.45, 2.75) is 0 Å². The van der Waals surface area contributed by atoms with Crippen LogP contribution in [0.3, 0.4) is 0 Å². The number of nitrogens with one attached hydrogen (secondary N) is 1. The van der Waals surface area contributed by atoms with Gasteiger partial charge in [-0.2, -0.15) is 4.98 Å². The molecular formula is C15H18N4O3. The van der Waals surface area contributed by atoms with Gasteiger partial charge in [0.05, 0.1) is 20.4 Å². The normalized spacial score (nSPS) is 10.0. The molecule has 0 aliphatic rings. The van der Waals surface area contributed by atoms with Crippen molar-refractivity contribution in [1.29, 1.82) is 0 Å². The van der Waals surface area contributed by atoms with Gasteiger partial charge >= 0.3 is 6.01 Å². The summed E-state index contributed by atoms with van der Waals surface area (Å²) in [6, 6.07) is 7.08. The first-order valence-electron chi connectivity index (χ1n) is 6.59. The largest absolute Gasteiger partial charge is 0.497 e. The molecule has 0 spiro atoms. The summed E-state index contributed by atoms with van der Waals surface area (Å²) < 4.78 is 10.1. The first kappa shape index (κ1) is 15.6. The third kappa shape index (κ3) is 3.43. The molecule has 1 N–H and O–H groups in total. The zero-order valence-corrected chi connectivity index (χ0v) is 13.0. The smallest absolute Gasteiger partial charge is 0.318 e. The molecular weight excluding hydrogens is 284 g/mol. The van der Waals surface area contributed by atoms with Crippen LogP contribution in [0.2, 0.25) is 0 Å². The van der Waals surface area contributed by atoms with E-state index in [0.29, 0.717) is 22.8 Å². The van der Waals surface area contributed by atoms with Crippen LogP contribution in [0.1, 0.15) is 10.4 Å². The fraction of sp³-hybridized carbons (Fsp3) is 0.267. The Morgan fingerprint density at radius 1 is 1.14 bits per heavy atom. The second-order valence-electron chi connectivity index (χ2n) is 4.67. The summed E-state index contributed by atoms with van der Waals surface area (Å²) in [5.41, 5.74) is 1.02. The van der Waals surface area contributed by atoms with Crippen LogP contribution < -0.4 is 19.7 Å². The van der Waals surface area contributed by atoms with Gasteiger partial charge in [-0.25, -0.2) is 4.98 Å². The predicted octanol–water partition coefficient (Wildman–Crippen LogP) is 1.81. The maximum atomic E-state index is 12.3. The van der Waals surface area contributed by atoms with Crippen LogP contribution in [-0.2, 0) is 0 Å². The molecule has 1 amide bonds. The van der Waals surface area contributed by atoms with Gasteiger partial charge in [0, 0.05) is 19.7 Å². The zero-order valence-electron chi connectivity index (χ0n) is 13.0. The fourth-order valence-corrected chi connectivity index (χ4v) is 1.82. The van der Waals surface area contributed by atoms with Crippen LogP contribution in [0.4, 0.5) is 11.5 Å². The second-order valence-corrected chi connectivity index (χ2v) is 4.67. The number of hydrogen-bond donors (Lipinski definition) is 1. The van der Waals surface area contributed by atoms with Crippen molar-refractivity contribution in [3.05, 3.63) is 36.0 Å². The molecule has 0 aliphatic carbocycles. The molecule has 0 radical (unpaired) electrons. The van der Waals surface area contributed by atoms with E-state index in [1.54, 1.807) is 36.3 Å². The van der Waals surface area contributed by atoms with E-state index in [9.17, 15) is 4.79 Å². The van der Waals surface area contributed by atoms with Gasteiger partial charge < -0.3 is 19.7 Å². The van der Waals surface area contributed by atoms with Crippen LogP contribution in [0.5, 0.6) is 11.8 Å². The molecule has 1 aromatic heterocycles. The molecule has 116 valence electrons. The van der Waals surface area contributed by atoms with E-state index < -0.39 is 0 Å². The van der Waals surface area contributed by atoms with Crippen molar-refractivity contribution in [3.8, 4) is 11.8 Å². The molecule has 0 saturated carbocycles. The van der Waals surface area contributed by atoms with Gasteiger partial charge in [0.2, 0.25) is 0 Å². The molecule has 0 aliphatic heterocycles. The van der Waals surface area contributed by atoms with Crippen molar-refractivity contribution < 1.29 is 14.3 Å². The van der Waals surface area contributed by atoms with E-state index in [2.05, 4.69) is 15.3 Å². The molecule has 0 unspecified atom stereocenters. The molecule has 0 saturated heterocycles. The minimum atomic E-state index is -0.250. The van der Waals surface area contributed by atoms with Crippen LogP contribution >= 0.6 is 0 Å². The van der Waals surface area contributed by atoms with Crippen LogP contribution in [0.25, 0.3) is 0 Å². The summed E-state index contributed by atoms with van der Waals surface area (Å²) in [7, 11) is 6.72. The van der Waals surface area contributed by atoms with Gasteiger partial charge in [-0.1, -0.05) is 0 Å². The Bertz CT molecular complexity index is 656. The number of carbonyl (C=O) groups is 1. The van der Waals surface area contributed by atoms with E-state index in [4.69, 9.17) is 9.47 Å². The summed E-state index contributed by atoms with van der Waals surface area (Å²) in [6.07, 6.45) is 1.52. The molecule has 2 aromatic rings. The van der Waals surface area contributed by atoms with E-state index in [0.717, 1.165) is 0 Å². The van der Waals surface area contributed by atoms with Gasteiger partial charge in [-0.15, -0.1) is 0 Å². The Labute approximate surface area is 128 Å². The molecule has 7 heteroatoms. The molecule has 1 heterocycles. The van der Waals surface area contributed by atoms with Crippen LogP contribution in [0, 0.1) is 0 Å². The van der Waals surface area contributed by atoms with Crippen molar-refractivity contribution in [3.63, 3.8) is 0 Å². The van der Waals surface area contributed by atoms with Gasteiger partial charge in [0.25, 0.3) is 5.91 Å². The number of amides is 1. The third-order valence-corrected chi connectivity index (χ3v) is 2.95. The number of methoxy groups -OCH3 is 2. The second kappa shape index (κ2) is 6.75. The highest BCUT2D eigenvalue weighted by molar-refractivity contribution is 6.05. The van der Waals surface area contributed by atoms with Gasteiger partial charge in [-0.05, 0) is 24.3 Å². The van der Waals surface area contributed by atoms with Gasteiger partial charge in [0.1, 0.15) is 11.4 Å². The minimum absolute atomic E-state index is 0.242. The molecule has 7 nitrogen and oxygen atoms in total. The average Bonchev–Trinajstić information content (AvgIpc) is 2.55. The third-order valence-electron chi connectivity index (χ3n) is 2.95. The van der Waals surface area contributed by atoms with Crippen LogP contribution in [0.15, 0.2) is 30.5 Å². The number of benzene rings is 1. The summed E-state index contributed by atoms with van der Waals surface area (Å²) in [6.45, 7) is 0. The lowest BCUT2D eigenvalue weighted by molar-refractivity contribution is 0.102. The number of rotatable bonds is 5. The van der Waals surface area contributed by atoms with Crippen molar-refractivity contribution in [2.75, 3.05) is 38.5 Å². The monoisotopic (exact) mass is 302 g/mol. The summed E-state index contributed by atoms with van der Waals surface area (Å²) in [5, 5.41) is 2.79. The molecule has 0 atom stereocenters. The average molecular weight is 302 g/mol. The Kier molecular flexibility index (Phi) is 4.77. The van der Waals surface area contributed by atoms with Gasteiger partial charge in [-0.3, -0.25) is 4.79 Å². The number of carbonyl (C=O) groups excluding carboxylic acids is 1. The standard InChI is InChI=1S/C15H18N4O3/c1-19(2)13-12(9-16-15(18-13)22-4)17-14(20)10-5-7-11(21-3)8-6-10/h5-9H,1-4H3,(H,17,20). The lowest BCUT2D eigenvalue weighted by atomic mass is 10.2. The molecule has 0 bridgehead atoms. The van der Waals surface area contributed by atoms with E-state index in [1.165, 1.54) is 13.3 Å². The summed E-state index contributed by atoms with van der Waals surface area (Å²) in [4.78, 5) is 22.3. The molecule has 0 fully saturated rings. The Morgan fingerprint density at radius 2 is 1.82 bits per heavy atom. The number of aromatic nitrogens is 2. The Morgan fingerprint density at radius 3 is 2.36 bits per heavy atom. The fourth-order valence-electron chi connectivity index (χ4n) is 1.82. The highest BCUT2D eigenvalue weighted by Crippen LogP contribution is 2.23. The van der Waals surface area contributed by atoms with E-state index in [-0.39, 0.29) is 11.9 Å². The highest BCUT2D eigenvalue weighted by Gasteiger charge is 2.13. The predicted molar refractivity (Wildman–Crippen MR) is 83.9 cm³/mol. The Hall–Kier alpha value is -2.83. The number of nitrogens with zero attached hydrogens (tertiary/aromatic N) is 3. The van der Waals surface area contributed by atoms with Crippen molar-refractivity contribution >= 4 is 17.4 Å². The molecule has 1 aromatic carbocycles. The maximum Gasteiger partial charge on any atom is 0.318 e. The quantitative estimate of drug-likeness (QED) is 0.907. The first-order chi connectivity index (χ1) is 10.5. The lowest BCUT2D eigenvalue weighted by Gasteiger charge is -2.16. The van der Waals surface area contributed by atoms with Crippen LogP contribution in [-0.4, -0.2) is 44.2 Å². The molecule has 22 heavy (non-hydrogen) atoms. The van der Waals surface area contributed by atoms with Crippen molar-refractivity contribution in [1.82, 2.24) is 9.97 Å². The number of ether oxygens (including phenoxy) is 2. The summed E-state index contributed by atoms with van der Waals surface area (Å²) in [5.74, 6) is 1.01. The van der Waals surface area contributed by atoms with E-state index >= 15 is 0 Å². The zero-order chi connectivity index (χ0) is 16.1. The first-order valence-corrected chi connectivity index (χ1v) is 6.59. The summed E-state index contributed by atoms with van der Waals surface area (Å²) >= 11 is 0. The van der Waals surface area contributed by atoms with E-state index in [1.807, 2.05) is 14.1 Å². The maximum absolute atomic E-state index is 12.3. The topological polar surface area (TPSA) is 76.6 Å². The highest BCUT2D eigenvalue weighted by atomic mass is 16.5. The Balaban J connectivity index is 2.23. The van der Waals surface area contributed by atoms with Crippen molar-refractivity contribution in [2.24, 2.45) is 0 Å². The number of hydrogen-bond acceptors (Lipinski definition) is 6. The number of anilines is 2. The van der Waals surface area contributed by atoms with Gasteiger partial charge in [0.15, 0.2) is 5.82 Å².